The van der Waals surface area contributed by atoms with Crippen molar-refractivity contribution in [2.75, 3.05) is 7.11 Å². The van der Waals surface area contributed by atoms with E-state index in [0.29, 0.717) is 0 Å². The van der Waals surface area contributed by atoms with Gasteiger partial charge in [-0.1, -0.05) is 12.2 Å². The number of carbonyl (C=O) groups excluding carboxylic acids is 2. The van der Waals surface area contributed by atoms with E-state index in [2.05, 4.69) is 22.6 Å². The molecule has 0 radical (unpaired) electrons. The van der Waals surface area contributed by atoms with Crippen LogP contribution in [0.5, 0.6) is 0 Å². The Kier molecular flexibility index (Phi) is 10.7. The van der Waals surface area contributed by atoms with Crippen LogP contribution in [0, 0.1) is 0 Å². The highest BCUT2D eigenvalue weighted by Crippen LogP contribution is 1.92. The number of hydrogen-bond donors (Lipinski definition) is 0. The first-order valence-electron chi connectivity index (χ1n) is 4.13. The Bertz CT molecular complexity index is 244. The summed E-state index contributed by atoms with van der Waals surface area (Å²) in [7, 11) is 1.56. The van der Waals surface area contributed by atoms with E-state index < -0.39 is 11.9 Å². The highest BCUT2D eigenvalue weighted by atomic mass is 16.6. The first-order chi connectivity index (χ1) is 6.93. The number of carbonyl (C=O) groups is 2. The largest absolute Gasteiger partial charge is 0.505 e. The van der Waals surface area contributed by atoms with Gasteiger partial charge in [-0.05, 0) is 13.8 Å². The van der Waals surface area contributed by atoms with Crippen molar-refractivity contribution >= 4 is 11.9 Å². The number of allylic oxidation sites excluding steroid dienone is 1. The van der Waals surface area contributed by atoms with Gasteiger partial charge in [0.2, 0.25) is 0 Å². The molecular weight excluding hydrogens is 196 g/mol. The molecule has 1 aliphatic rings. The minimum Gasteiger partial charge on any atom is -0.505 e. The standard InChI is InChI=1S/C4H2O3.C4H8.C3H6O/c5-3-1-2-4(6)7-3;1-4(2)3;1-3-4-2/h1-2H;1H2,2-3H3;3H,1H2,2H3. The minimum atomic E-state index is -0.579. The maximum absolute atomic E-state index is 9.92. The molecule has 0 saturated heterocycles. The molecule has 4 nitrogen and oxygen atoms in total. The molecule has 0 amide bonds. The molecule has 0 aromatic heterocycles. The maximum Gasteiger partial charge on any atom is 0.338 e. The highest BCUT2D eigenvalue weighted by Gasteiger charge is 2.10. The number of esters is 2. The van der Waals surface area contributed by atoms with Crippen LogP contribution in [0.2, 0.25) is 0 Å². The van der Waals surface area contributed by atoms with Gasteiger partial charge in [0.05, 0.1) is 13.4 Å². The van der Waals surface area contributed by atoms with Gasteiger partial charge in [0, 0.05) is 12.2 Å². The SMILES string of the molecule is C=C(C)C.C=COC.O=C1C=CC(=O)O1. The van der Waals surface area contributed by atoms with Crippen molar-refractivity contribution in [3.05, 3.63) is 37.1 Å². The van der Waals surface area contributed by atoms with Crippen LogP contribution < -0.4 is 0 Å². The fourth-order valence-electron chi connectivity index (χ4n) is 0.303. The second kappa shape index (κ2) is 10.2. The summed E-state index contributed by atoms with van der Waals surface area (Å²) >= 11 is 0. The van der Waals surface area contributed by atoms with Crippen LogP contribution in [0.3, 0.4) is 0 Å². The first kappa shape index (κ1) is 15.6. The van der Waals surface area contributed by atoms with Crippen molar-refractivity contribution < 1.29 is 19.1 Å². The highest BCUT2D eigenvalue weighted by molar-refractivity contribution is 6.04. The Balaban J connectivity index is 0. The van der Waals surface area contributed by atoms with Crippen LogP contribution in [0.25, 0.3) is 0 Å². The predicted molar refractivity (Wildman–Crippen MR) is 57.9 cm³/mol. The summed E-state index contributed by atoms with van der Waals surface area (Å²) in [5, 5.41) is 0. The molecule has 84 valence electrons. The van der Waals surface area contributed by atoms with Crippen LogP contribution >= 0.6 is 0 Å². The summed E-state index contributed by atoms with van der Waals surface area (Å²) in [6, 6.07) is 0. The molecule has 0 fully saturated rings. The molecular formula is C11H16O4. The third-order valence-corrected chi connectivity index (χ3v) is 0.723. The first-order valence-corrected chi connectivity index (χ1v) is 4.13. The predicted octanol–water partition coefficient (Wildman–Crippen LogP) is 1.98. The van der Waals surface area contributed by atoms with Crippen molar-refractivity contribution in [1.82, 2.24) is 0 Å². The Labute approximate surface area is 89.9 Å². The van der Waals surface area contributed by atoms with Crippen molar-refractivity contribution in [2.24, 2.45) is 0 Å². The van der Waals surface area contributed by atoms with Gasteiger partial charge in [-0.3, -0.25) is 0 Å². The molecule has 15 heavy (non-hydrogen) atoms. The van der Waals surface area contributed by atoms with E-state index in [9.17, 15) is 9.59 Å². The van der Waals surface area contributed by atoms with Crippen molar-refractivity contribution in [3.63, 3.8) is 0 Å². The lowest BCUT2D eigenvalue weighted by Gasteiger charge is -1.80. The van der Waals surface area contributed by atoms with E-state index in [1.807, 2.05) is 13.8 Å². The molecule has 0 N–H and O–H groups in total. The maximum atomic E-state index is 9.92. The van der Waals surface area contributed by atoms with Gasteiger partial charge in [0.1, 0.15) is 0 Å². The van der Waals surface area contributed by atoms with E-state index in [4.69, 9.17) is 0 Å². The molecule has 0 aromatic carbocycles. The zero-order valence-corrected chi connectivity index (χ0v) is 9.28. The van der Waals surface area contributed by atoms with Crippen LogP contribution in [-0.2, 0) is 19.1 Å². The molecule has 0 saturated carbocycles. The summed E-state index contributed by atoms with van der Waals surface area (Å²) in [5.41, 5.74) is 1.17. The number of methoxy groups -OCH3 is 1. The van der Waals surface area contributed by atoms with E-state index >= 15 is 0 Å². The van der Waals surface area contributed by atoms with Gasteiger partial charge in [0.15, 0.2) is 0 Å². The van der Waals surface area contributed by atoms with Gasteiger partial charge in [-0.15, -0.1) is 6.58 Å². The van der Waals surface area contributed by atoms with Crippen molar-refractivity contribution in [1.29, 1.82) is 0 Å². The zero-order chi connectivity index (χ0) is 12.3. The molecule has 4 heteroatoms. The lowest BCUT2D eigenvalue weighted by molar-refractivity contribution is -0.150. The molecule has 0 unspecified atom stereocenters. The Morgan fingerprint density at radius 2 is 1.60 bits per heavy atom. The summed E-state index contributed by atoms with van der Waals surface area (Å²) in [6.45, 7) is 10.8. The quantitative estimate of drug-likeness (QED) is 0.288. The summed E-state index contributed by atoms with van der Waals surface area (Å²) < 4.78 is 8.28. The van der Waals surface area contributed by atoms with Gasteiger partial charge in [-0.25, -0.2) is 9.59 Å². The van der Waals surface area contributed by atoms with Crippen molar-refractivity contribution in [2.45, 2.75) is 13.8 Å². The monoisotopic (exact) mass is 212 g/mol. The van der Waals surface area contributed by atoms with Crippen LogP contribution in [0.1, 0.15) is 13.8 Å². The van der Waals surface area contributed by atoms with Gasteiger partial charge in [0.25, 0.3) is 0 Å². The fourth-order valence-corrected chi connectivity index (χ4v) is 0.303. The lowest BCUT2D eigenvalue weighted by Crippen LogP contribution is -1.96. The van der Waals surface area contributed by atoms with Gasteiger partial charge in [-0.2, -0.15) is 0 Å². The van der Waals surface area contributed by atoms with Gasteiger partial charge < -0.3 is 9.47 Å². The minimum absolute atomic E-state index is 0.579. The van der Waals surface area contributed by atoms with E-state index in [-0.39, 0.29) is 0 Å². The number of hydrogen-bond acceptors (Lipinski definition) is 4. The molecule has 0 atom stereocenters. The van der Waals surface area contributed by atoms with Crippen molar-refractivity contribution in [3.8, 4) is 0 Å². The smallest absolute Gasteiger partial charge is 0.338 e. The average Bonchev–Trinajstić information content (AvgIpc) is 2.49. The average molecular weight is 212 g/mol. The summed E-state index contributed by atoms with van der Waals surface area (Å²) in [4.78, 5) is 19.8. The molecule has 1 aliphatic heterocycles. The normalized spacial score (nSPS) is 11.4. The topological polar surface area (TPSA) is 52.6 Å². The summed E-state index contributed by atoms with van der Waals surface area (Å²) in [5.74, 6) is -1.16. The molecule has 0 bridgehead atoms. The molecule has 1 rings (SSSR count). The lowest BCUT2D eigenvalue weighted by atomic mass is 10.4. The second-order valence-electron chi connectivity index (χ2n) is 2.68. The Morgan fingerprint density at radius 3 is 1.67 bits per heavy atom. The van der Waals surface area contributed by atoms with Gasteiger partial charge >= 0.3 is 11.9 Å². The third kappa shape index (κ3) is 18.9. The number of cyclic esters (lactones) is 2. The summed E-state index contributed by atoms with van der Waals surface area (Å²) in [6.07, 6.45) is 3.55. The van der Waals surface area contributed by atoms with E-state index in [1.54, 1.807) is 7.11 Å². The molecule has 1 heterocycles. The Morgan fingerprint density at radius 1 is 1.33 bits per heavy atom. The molecule has 0 spiro atoms. The van der Waals surface area contributed by atoms with Crippen LogP contribution in [0.4, 0.5) is 0 Å². The second-order valence-corrected chi connectivity index (χ2v) is 2.68. The van der Waals surface area contributed by atoms with E-state index in [0.717, 1.165) is 12.2 Å². The van der Waals surface area contributed by atoms with Crippen LogP contribution in [-0.4, -0.2) is 19.0 Å². The number of rotatable bonds is 1. The molecule has 0 aliphatic carbocycles. The van der Waals surface area contributed by atoms with Crippen LogP contribution in [0.15, 0.2) is 37.1 Å². The zero-order valence-electron chi connectivity index (χ0n) is 9.28. The Hall–Kier alpha value is -1.84. The fraction of sp³-hybridized carbons (Fsp3) is 0.273. The van der Waals surface area contributed by atoms with E-state index in [1.165, 1.54) is 11.8 Å². The number of ether oxygens (including phenoxy) is 2. The third-order valence-electron chi connectivity index (χ3n) is 0.723. The molecule has 0 aromatic rings.